The molecule has 1 saturated heterocycles. The molecule has 3 rings (SSSR count). The minimum absolute atomic E-state index is 0.0265. The van der Waals surface area contributed by atoms with Gasteiger partial charge in [0.05, 0.1) is 0 Å². The minimum atomic E-state index is -0.264. The molecule has 1 aromatic heterocycles. The molecule has 0 unspecified atom stereocenters. The van der Waals surface area contributed by atoms with Gasteiger partial charge in [-0.1, -0.05) is 12.1 Å². The molecule has 5 nitrogen and oxygen atoms in total. The third-order valence-corrected chi connectivity index (χ3v) is 4.78. The first-order valence-electron chi connectivity index (χ1n) is 8.76. The molecule has 2 aromatic rings. The molecular formula is C20H22FN3O2. The lowest BCUT2D eigenvalue weighted by atomic mass is 9.95. The molecule has 26 heavy (non-hydrogen) atoms. The van der Waals surface area contributed by atoms with E-state index >= 15 is 0 Å². The molecule has 0 atom stereocenters. The number of likely N-dealkylation sites (tertiary alicyclic amines) is 1. The Morgan fingerprint density at radius 1 is 1.19 bits per heavy atom. The van der Waals surface area contributed by atoms with Gasteiger partial charge in [0.15, 0.2) is 0 Å². The van der Waals surface area contributed by atoms with Crippen LogP contribution in [0.3, 0.4) is 0 Å². The van der Waals surface area contributed by atoms with Crippen LogP contribution < -0.4 is 5.32 Å². The average molecular weight is 355 g/mol. The smallest absolute Gasteiger partial charge is 0.253 e. The van der Waals surface area contributed by atoms with Crippen molar-refractivity contribution in [1.82, 2.24) is 15.2 Å². The van der Waals surface area contributed by atoms with Crippen molar-refractivity contribution >= 4 is 11.8 Å². The van der Waals surface area contributed by atoms with E-state index in [-0.39, 0.29) is 23.5 Å². The molecule has 0 saturated carbocycles. The topological polar surface area (TPSA) is 62.3 Å². The Labute approximate surface area is 152 Å². The lowest BCUT2D eigenvalue weighted by Gasteiger charge is -2.31. The van der Waals surface area contributed by atoms with Crippen molar-refractivity contribution in [2.45, 2.75) is 26.3 Å². The molecule has 0 spiro atoms. The number of nitrogens with zero attached hydrogens (tertiary/aromatic N) is 2. The lowest BCUT2D eigenvalue weighted by Crippen LogP contribution is -2.42. The number of aryl methyl sites for hydroxylation is 1. The summed E-state index contributed by atoms with van der Waals surface area (Å²) in [5.41, 5.74) is 1.95. The zero-order valence-electron chi connectivity index (χ0n) is 14.7. The second-order valence-corrected chi connectivity index (χ2v) is 6.60. The Hall–Kier alpha value is -2.76. The van der Waals surface area contributed by atoms with Crippen LogP contribution in [0.15, 0.2) is 42.7 Å². The van der Waals surface area contributed by atoms with Crippen LogP contribution in [0.5, 0.6) is 0 Å². The number of carbonyl (C=O) groups excluding carboxylic acids is 2. The van der Waals surface area contributed by atoms with Crippen LogP contribution >= 0.6 is 0 Å². The Bertz CT molecular complexity index is 787. The third kappa shape index (κ3) is 4.25. The van der Waals surface area contributed by atoms with Crippen LogP contribution in [-0.2, 0) is 11.3 Å². The molecule has 6 heteroatoms. The number of carbonyl (C=O) groups is 2. The highest BCUT2D eigenvalue weighted by Gasteiger charge is 2.27. The Morgan fingerprint density at radius 3 is 2.54 bits per heavy atom. The van der Waals surface area contributed by atoms with E-state index in [1.165, 1.54) is 6.07 Å². The minimum Gasteiger partial charge on any atom is -0.352 e. The van der Waals surface area contributed by atoms with E-state index in [2.05, 4.69) is 10.3 Å². The molecule has 136 valence electrons. The number of rotatable bonds is 4. The summed E-state index contributed by atoms with van der Waals surface area (Å²) in [5, 5.41) is 2.87. The SMILES string of the molecule is Cc1ccc(CNC(=O)C2CCN(C(=O)c3ccncc3)CC2)cc1F. The predicted octanol–water partition coefficient (Wildman–Crippen LogP) is 2.70. The van der Waals surface area contributed by atoms with Gasteiger partial charge in [-0.2, -0.15) is 0 Å². The van der Waals surface area contributed by atoms with Gasteiger partial charge in [-0.25, -0.2) is 4.39 Å². The monoisotopic (exact) mass is 355 g/mol. The third-order valence-electron chi connectivity index (χ3n) is 4.78. The predicted molar refractivity (Wildman–Crippen MR) is 95.8 cm³/mol. The highest BCUT2D eigenvalue weighted by Crippen LogP contribution is 2.19. The van der Waals surface area contributed by atoms with E-state index < -0.39 is 0 Å². The molecule has 1 aromatic carbocycles. The van der Waals surface area contributed by atoms with E-state index in [9.17, 15) is 14.0 Å². The second kappa shape index (κ2) is 8.08. The number of benzene rings is 1. The number of piperidine rings is 1. The van der Waals surface area contributed by atoms with Crippen molar-refractivity contribution in [3.63, 3.8) is 0 Å². The van der Waals surface area contributed by atoms with Gasteiger partial charge in [0.25, 0.3) is 5.91 Å². The standard InChI is InChI=1S/C20H22FN3O2/c1-14-2-3-15(12-18(14)21)13-23-19(25)16-6-10-24(11-7-16)20(26)17-4-8-22-9-5-17/h2-5,8-9,12,16H,6-7,10-11,13H2,1H3,(H,23,25). The van der Waals surface area contributed by atoms with Crippen molar-refractivity contribution in [3.05, 3.63) is 65.2 Å². The van der Waals surface area contributed by atoms with Gasteiger partial charge in [0.2, 0.25) is 5.91 Å². The fourth-order valence-corrected chi connectivity index (χ4v) is 3.10. The summed E-state index contributed by atoms with van der Waals surface area (Å²) in [7, 11) is 0. The van der Waals surface area contributed by atoms with Crippen LogP contribution in [0.2, 0.25) is 0 Å². The molecule has 2 amide bonds. The Kier molecular flexibility index (Phi) is 5.61. The van der Waals surface area contributed by atoms with Crippen LogP contribution in [0, 0.1) is 18.7 Å². The average Bonchev–Trinajstić information content (AvgIpc) is 2.69. The molecule has 0 aliphatic carbocycles. The van der Waals surface area contributed by atoms with Crippen molar-refractivity contribution < 1.29 is 14.0 Å². The molecule has 0 radical (unpaired) electrons. The van der Waals surface area contributed by atoms with Crippen LogP contribution in [0.4, 0.5) is 4.39 Å². The largest absolute Gasteiger partial charge is 0.352 e. The fourth-order valence-electron chi connectivity index (χ4n) is 3.10. The van der Waals surface area contributed by atoms with Crippen LogP contribution in [0.1, 0.15) is 34.3 Å². The van der Waals surface area contributed by atoms with E-state index in [0.717, 1.165) is 5.56 Å². The molecular weight excluding hydrogens is 333 g/mol. The number of hydrogen-bond donors (Lipinski definition) is 1. The fraction of sp³-hybridized carbons (Fsp3) is 0.350. The maximum atomic E-state index is 13.6. The quantitative estimate of drug-likeness (QED) is 0.917. The van der Waals surface area contributed by atoms with Crippen molar-refractivity contribution in [2.24, 2.45) is 5.92 Å². The maximum absolute atomic E-state index is 13.6. The summed E-state index contributed by atoms with van der Waals surface area (Å²) in [6, 6.07) is 8.37. The van der Waals surface area contributed by atoms with Crippen molar-refractivity contribution in [3.8, 4) is 0 Å². The number of nitrogens with one attached hydrogen (secondary N) is 1. The maximum Gasteiger partial charge on any atom is 0.253 e. The highest BCUT2D eigenvalue weighted by atomic mass is 19.1. The van der Waals surface area contributed by atoms with E-state index in [4.69, 9.17) is 0 Å². The molecule has 1 fully saturated rings. The summed E-state index contributed by atoms with van der Waals surface area (Å²) in [6.07, 6.45) is 4.46. The Morgan fingerprint density at radius 2 is 1.88 bits per heavy atom. The van der Waals surface area contributed by atoms with Gasteiger partial charge in [0.1, 0.15) is 5.82 Å². The first-order chi connectivity index (χ1) is 12.5. The van der Waals surface area contributed by atoms with Crippen LogP contribution in [0.25, 0.3) is 0 Å². The van der Waals surface area contributed by atoms with Gasteiger partial charge < -0.3 is 10.2 Å². The molecule has 1 N–H and O–H groups in total. The van der Waals surface area contributed by atoms with E-state index in [0.29, 0.717) is 43.6 Å². The zero-order chi connectivity index (χ0) is 18.5. The summed E-state index contributed by atoms with van der Waals surface area (Å²) in [6.45, 7) is 3.13. The summed E-state index contributed by atoms with van der Waals surface area (Å²) >= 11 is 0. The van der Waals surface area contributed by atoms with E-state index in [1.54, 1.807) is 42.4 Å². The van der Waals surface area contributed by atoms with Crippen molar-refractivity contribution in [1.29, 1.82) is 0 Å². The number of hydrogen-bond acceptors (Lipinski definition) is 3. The van der Waals surface area contributed by atoms with E-state index in [1.807, 2.05) is 6.07 Å². The van der Waals surface area contributed by atoms with Gasteiger partial charge >= 0.3 is 0 Å². The molecule has 0 bridgehead atoms. The normalized spacial score (nSPS) is 14.9. The number of amides is 2. The zero-order valence-corrected chi connectivity index (χ0v) is 14.7. The Balaban J connectivity index is 1.49. The molecule has 1 aliphatic rings. The first-order valence-corrected chi connectivity index (χ1v) is 8.76. The van der Waals surface area contributed by atoms with Crippen molar-refractivity contribution in [2.75, 3.05) is 13.1 Å². The molecule has 1 aliphatic heterocycles. The van der Waals surface area contributed by atoms with Gasteiger partial charge in [-0.15, -0.1) is 0 Å². The summed E-state index contributed by atoms with van der Waals surface area (Å²) < 4.78 is 13.6. The first kappa shape index (κ1) is 18.0. The van der Waals surface area contributed by atoms with Gasteiger partial charge in [0, 0.05) is 43.5 Å². The second-order valence-electron chi connectivity index (χ2n) is 6.60. The number of pyridine rings is 1. The summed E-state index contributed by atoms with van der Waals surface area (Å²) in [4.78, 5) is 30.5. The summed E-state index contributed by atoms with van der Waals surface area (Å²) in [5.74, 6) is -0.449. The number of aromatic nitrogens is 1. The highest BCUT2D eigenvalue weighted by molar-refractivity contribution is 5.94. The van der Waals surface area contributed by atoms with Gasteiger partial charge in [-0.3, -0.25) is 14.6 Å². The van der Waals surface area contributed by atoms with Crippen LogP contribution in [-0.4, -0.2) is 34.8 Å². The number of halogens is 1. The van der Waals surface area contributed by atoms with Gasteiger partial charge in [-0.05, 0) is 49.1 Å². The lowest BCUT2D eigenvalue weighted by molar-refractivity contribution is -0.126. The molecule has 2 heterocycles.